The molecule has 3 aromatic rings. The Hall–Kier alpha value is -3.34. The van der Waals surface area contributed by atoms with Gasteiger partial charge in [0.05, 0.1) is 25.5 Å². The zero-order valence-electron chi connectivity index (χ0n) is 20.3. The van der Waals surface area contributed by atoms with Crippen molar-refractivity contribution < 1.29 is 36.6 Å². The van der Waals surface area contributed by atoms with E-state index >= 15 is 0 Å². The summed E-state index contributed by atoms with van der Waals surface area (Å²) in [6, 6.07) is 6.41. The highest BCUT2D eigenvalue weighted by Gasteiger charge is 2.37. The predicted molar refractivity (Wildman–Crippen MR) is 127 cm³/mol. The van der Waals surface area contributed by atoms with Crippen LogP contribution in [0.3, 0.4) is 0 Å². The highest BCUT2D eigenvalue weighted by atomic mass is 19.3. The highest BCUT2D eigenvalue weighted by Crippen LogP contribution is 2.40. The highest BCUT2D eigenvalue weighted by molar-refractivity contribution is 6.02. The van der Waals surface area contributed by atoms with Crippen molar-refractivity contribution in [1.29, 1.82) is 0 Å². The quantitative estimate of drug-likeness (QED) is 0.252. The molecule has 0 bridgehead atoms. The third-order valence-corrected chi connectivity index (χ3v) is 6.66. The van der Waals surface area contributed by atoms with E-state index in [-0.39, 0.29) is 54.8 Å². The van der Waals surface area contributed by atoms with Crippen molar-refractivity contribution >= 4 is 11.4 Å². The SMILES string of the molecule is COc1cc(-c2cnc3cc(OCCN4CCC(F)(F)C4)ccn23)cc(OC(F)F)c1C(=O)CC1CC1. The van der Waals surface area contributed by atoms with Crippen LogP contribution < -0.4 is 14.2 Å². The molecule has 1 aliphatic heterocycles. The number of ketones is 1. The molecule has 1 saturated heterocycles. The average Bonchev–Trinajstić information content (AvgIpc) is 3.44. The molecule has 11 heteroatoms. The molecule has 0 unspecified atom stereocenters. The maximum Gasteiger partial charge on any atom is 0.387 e. The van der Waals surface area contributed by atoms with Gasteiger partial charge in [0.15, 0.2) is 5.78 Å². The fraction of sp³-hybridized carbons (Fsp3) is 0.462. The lowest BCUT2D eigenvalue weighted by Gasteiger charge is -2.16. The van der Waals surface area contributed by atoms with Crippen LogP contribution in [0.25, 0.3) is 16.9 Å². The van der Waals surface area contributed by atoms with E-state index in [1.165, 1.54) is 13.2 Å². The van der Waals surface area contributed by atoms with Gasteiger partial charge >= 0.3 is 6.61 Å². The first kappa shape index (κ1) is 25.3. The lowest BCUT2D eigenvalue weighted by atomic mass is 10.00. The van der Waals surface area contributed by atoms with Crippen LogP contribution in [0.5, 0.6) is 17.2 Å². The molecule has 5 rings (SSSR count). The van der Waals surface area contributed by atoms with E-state index in [2.05, 4.69) is 4.98 Å². The maximum atomic E-state index is 13.3. The van der Waals surface area contributed by atoms with E-state index in [0.717, 1.165) is 12.8 Å². The van der Waals surface area contributed by atoms with Crippen molar-refractivity contribution in [2.24, 2.45) is 5.92 Å². The Morgan fingerprint density at radius 2 is 2.00 bits per heavy atom. The fourth-order valence-corrected chi connectivity index (χ4v) is 4.60. The number of methoxy groups -OCH3 is 1. The first-order chi connectivity index (χ1) is 17.7. The van der Waals surface area contributed by atoms with Gasteiger partial charge in [0.2, 0.25) is 0 Å². The Morgan fingerprint density at radius 3 is 2.68 bits per heavy atom. The Kier molecular flexibility index (Phi) is 6.98. The summed E-state index contributed by atoms with van der Waals surface area (Å²) >= 11 is 0. The van der Waals surface area contributed by atoms with Crippen LogP contribution >= 0.6 is 0 Å². The number of ether oxygens (including phenoxy) is 3. The smallest absolute Gasteiger partial charge is 0.387 e. The third kappa shape index (κ3) is 5.82. The number of carbonyl (C=O) groups is 1. The number of pyridine rings is 1. The van der Waals surface area contributed by atoms with Gasteiger partial charge in [-0.2, -0.15) is 8.78 Å². The minimum atomic E-state index is -3.11. The second kappa shape index (κ2) is 10.2. The summed E-state index contributed by atoms with van der Waals surface area (Å²) < 4.78 is 70.8. The summed E-state index contributed by atoms with van der Waals surface area (Å²) in [6.45, 7) is -2.39. The van der Waals surface area contributed by atoms with Crippen molar-refractivity contribution in [2.75, 3.05) is 33.4 Å². The van der Waals surface area contributed by atoms with Crippen LogP contribution in [0.1, 0.15) is 36.0 Å². The number of hydrogen-bond donors (Lipinski definition) is 0. The van der Waals surface area contributed by atoms with Gasteiger partial charge in [0.25, 0.3) is 5.92 Å². The van der Waals surface area contributed by atoms with Gasteiger partial charge in [-0.25, -0.2) is 13.8 Å². The van der Waals surface area contributed by atoms with Crippen LogP contribution in [0, 0.1) is 5.92 Å². The molecular formula is C26H27F4N3O4. The molecule has 0 amide bonds. The van der Waals surface area contributed by atoms with E-state index < -0.39 is 12.5 Å². The van der Waals surface area contributed by atoms with Gasteiger partial charge in [-0.3, -0.25) is 14.1 Å². The molecule has 2 fully saturated rings. The molecule has 1 saturated carbocycles. The number of halogens is 4. The topological polar surface area (TPSA) is 65.3 Å². The molecule has 2 aromatic heterocycles. The molecular weight excluding hydrogens is 494 g/mol. The standard InChI is InChI=1S/C26H27F4N3O4/c1-35-21-11-17(12-22(37-25(27)28)24(21)20(34)10-16-2-3-16)19-14-31-23-13-18(4-6-33(19)23)36-9-8-32-7-5-26(29,30)15-32/h4,6,11-14,16,25H,2-3,5,7-10,15H2,1H3. The molecule has 0 N–H and O–H groups in total. The second-order valence-corrected chi connectivity index (χ2v) is 9.47. The Labute approximate surface area is 210 Å². The lowest BCUT2D eigenvalue weighted by molar-refractivity contribution is -0.0502. The lowest BCUT2D eigenvalue weighted by Crippen LogP contribution is -2.29. The van der Waals surface area contributed by atoms with Crippen molar-refractivity contribution in [2.45, 2.75) is 38.2 Å². The summed E-state index contributed by atoms with van der Waals surface area (Å²) in [4.78, 5) is 18.9. The van der Waals surface area contributed by atoms with Gasteiger partial charge in [-0.15, -0.1) is 0 Å². The van der Waals surface area contributed by atoms with Gasteiger partial charge < -0.3 is 14.2 Å². The number of imidazole rings is 1. The van der Waals surface area contributed by atoms with Gasteiger partial charge in [0.1, 0.15) is 35.1 Å². The fourth-order valence-electron chi connectivity index (χ4n) is 4.60. The number of Topliss-reactive ketones (excluding diaryl/α,β-unsaturated/α-hetero) is 1. The van der Waals surface area contributed by atoms with E-state index in [4.69, 9.17) is 14.2 Å². The van der Waals surface area contributed by atoms with Crippen LogP contribution in [0.15, 0.2) is 36.7 Å². The number of likely N-dealkylation sites (tertiary alicyclic amines) is 1. The number of rotatable bonds is 11. The number of carbonyl (C=O) groups excluding carboxylic acids is 1. The number of hydrogen-bond acceptors (Lipinski definition) is 6. The molecule has 3 heterocycles. The normalized spacial score (nSPS) is 17.5. The molecule has 198 valence electrons. The van der Waals surface area contributed by atoms with Crippen molar-refractivity contribution in [1.82, 2.24) is 14.3 Å². The molecule has 37 heavy (non-hydrogen) atoms. The number of fused-ring (bicyclic) bond motifs is 1. The number of aromatic nitrogens is 2. The minimum absolute atomic E-state index is 0.0127. The summed E-state index contributed by atoms with van der Waals surface area (Å²) in [5, 5.41) is 0. The van der Waals surface area contributed by atoms with Crippen molar-refractivity contribution in [3.63, 3.8) is 0 Å². The first-order valence-electron chi connectivity index (χ1n) is 12.1. The molecule has 0 radical (unpaired) electrons. The summed E-state index contributed by atoms with van der Waals surface area (Å²) in [5.74, 6) is -2.23. The Balaban J connectivity index is 1.37. The zero-order valence-corrected chi connectivity index (χ0v) is 20.3. The Morgan fingerprint density at radius 1 is 1.22 bits per heavy atom. The van der Waals surface area contributed by atoms with E-state index in [0.29, 0.717) is 35.7 Å². The van der Waals surface area contributed by atoms with Crippen LogP contribution in [-0.4, -0.2) is 66.0 Å². The number of nitrogens with zero attached hydrogens (tertiary/aromatic N) is 3. The summed E-state index contributed by atoms with van der Waals surface area (Å²) in [7, 11) is 1.38. The molecule has 1 aliphatic carbocycles. The molecule has 1 aromatic carbocycles. The average molecular weight is 522 g/mol. The number of alkyl halides is 4. The van der Waals surface area contributed by atoms with E-state index in [9.17, 15) is 22.4 Å². The van der Waals surface area contributed by atoms with Gasteiger partial charge in [-0.05, 0) is 37.0 Å². The molecule has 0 atom stereocenters. The summed E-state index contributed by atoms with van der Waals surface area (Å²) in [6.07, 6.45) is 5.29. The predicted octanol–water partition coefficient (Wildman–Crippen LogP) is 5.31. The monoisotopic (exact) mass is 521 g/mol. The van der Waals surface area contributed by atoms with Crippen molar-refractivity contribution in [3.05, 3.63) is 42.2 Å². The van der Waals surface area contributed by atoms with Crippen LogP contribution in [0.2, 0.25) is 0 Å². The molecule has 2 aliphatic rings. The van der Waals surface area contributed by atoms with Crippen molar-refractivity contribution in [3.8, 4) is 28.5 Å². The zero-order chi connectivity index (χ0) is 26.2. The molecule has 0 spiro atoms. The first-order valence-corrected chi connectivity index (χ1v) is 12.1. The van der Waals surface area contributed by atoms with Crippen LogP contribution in [-0.2, 0) is 0 Å². The Bertz CT molecular complexity index is 1290. The van der Waals surface area contributed by atoms with E-state index in [1.54, 1.807) is 39.9 Å². The van der Waals surface area contributed by atoms with Gasteiger partial charge in [0, 0.05) is 43.8 Å². The number of benzene rings is 1. The summed E-state index contributed by atoms with van der Waals surface area (Å²) in [5.41, 5.74) is 1.59. The largest absolute Gasteiger partial charge is 0.496 e. The molecule has 7 nitrogen and oxygen atoms in total. The third-order valence-electron chi connectivity index (χ3n) is 6.66. The maximum absolute atomic E-state index is 13.3. The van der Waals surface area contributed by atoms with E-state index in [1.807, 2.05) is 0 Å². The minimum Gasteiger partial charge on any atom is -0.496 e. The second-order valence-electron chi connectivity index (χ2n) is 9.47. The van der Waals surface area contributed by atoms with Gasteiger partial charge in [-0.1, -0.05) is 0 Å². The van der Waals surface area contributed by atoms with Crippen LogP contribution in [0.4, 0.5) is 17.6 Å².